The number of carbonyl (C=O) groups is 1. The maximum Gasteiger partial charge on any atom is 0.338 e. The van der Waals surface area contributed by atoms with Crippen LogP contribution in [0.2, 0.25) is 0 Å². The summed E-state index contributed by atoms with van der Waals surface area (Å²) in [4.78, 5) is 16.1. The van der Waals surface area contributed by atoms with E-state index in [2.05, 4.69) is 39.9 Å². The number of hydrogen-bond donors (Lipinski definition) is 1. The molecule has 0 aliphatic rings. The van der Waals surface area contributed by atoms with E-state index in [-0.39, 0.29) is 6.61 Å². The second-order valence-corrected chi connectivity index (χ2v) is 5.92. The van der Waals surface area contributed by atoms with Gasteiger partial charge in [0.1, 0.15) is 6.33 Å². The molecule has 2 aromatic rings. The van der Waals surface area contributed by atoms with Crippen LogP contribution in [0.1, 0.15) is 30.0 Å². The lowest BCUT2D eigenvalue weighted by molar-refractivity contribution is 0.0456. The Kier molecular flexibility index (Phi) is 4.95. The molecule has 0 saturated heterocycles. The predicted molar refractivity (Wildman–Crippen MR) is 82.5 cm³/mol. The Bertz CT molecular complexity index is 640. The maximum absolute atomic E-state index is 12.0. The summed E-state index contributed by atoms with van der Waals surface area (Å²) in [5, 5.41) is 4.12. The number of carbonyl (C=O) groups excluding carboxylic acids is 1. The SMILES string of the molecule is CC(C)Cn1ncnc1COC(=O)c1ccc(Br)c(N)c1. The van der Waals surface area contributed by atoms with Gasteiger partial charge in [0.15, 0.2) is 12.4 Å². The first kappa shape index (κ1) is 15.5. The smallest absolute Gasteiger partial charge is 0.338 e. The predicted octanol–water partition coefficient (Wildman–Crippen LogP) is 2.64. The van der Waals surface area contributed by atoms with Crippen LogP contribution in [0.4, 0.5) is 5.69 Å². The van der Waals surface area contributed by atoms with E-state index in [9.17, 15) is 4.79 Å². The van der Waals surface area contributed by atoms with Gasteiger partial charge in [-0.1, -0.05) is 13.8 Å². The number of rotatable bonds is 5. The molecule has 21 heavy (non-hydrogen) atoms. The Morgan fingerprint density at radius 1 is 1.48 bits per heavy atom. The molecule has 1 aromatic heterocycles. The quantitative estimate of drug-likeness (QED) is 0.660. The van der Waals surface area contributed by atoms with Crippen LogP contribution in [-0.2, 0) is 17.9 Å². The van der Waals surface area contributed by atoms with Crippen molar-refractivity contribution in [3.8, 4) is 0 Å². The summed E-state index contributed by atoms with van der Waals surface area (Å²) < 4.78 is 7.75. The van der Waals surface area contributed by atoms with E-state index in [4.69, 9.17) is 10.5 Å². The molecule has 0 bridgehead atoms. The lowest BCUT2D eigenvalue weighted by Crippen LogP contribution is -2.13. The summed E-state index contributed by atoms with van der Waals surface area (Å²) in [6.45, 7) is 4.99. The summed E-state index contributed by atoms with van der Waals surface area (Å²) in [6.07, 6.45) is 1.46. The van der Waals surface area contributed by atoms with Crippen molar-refractivity contribution in [1.29, 1.82) is 0 Å². The minimum Gasteiger partial charge on any atom is -0.454 e. The van der Waals surface area contributed by atoms with E-state index in [1.807, 2.05) is 0 Å². The van der Waals surface area contributed by atoms with E-state index in [1.165, 1.54) is 6.33 Å². The number of nitrogen functional groups attached to an aromatic ring is 1. The van der Waals surface area contributed by atoms with Crippen molar-refractivity contribution in [3.05, 3.63) is 40.4 Å². The van der Waals surface area contributed by atoms with E-state index in [0.717, 1.165) is 11.0 Å². The first-order valence-electron chi connectivity index (χ1n) is 6.56. The Hall–Kier alpha value is -1.89. The first-order chi connectivity index (χ1) is 9.97. The van der Waals surface area contributed by atoms with Crippen molar-refractivity contribution in [3.63, 3.8) is 0 Å². The van der Waals surface area contributed by atoms with Gasteiger partial charge in [-0.05, 0) is 40.0 Å². The molecule has 0 fully saturated rings. The van der Waals surface area contributed by atoms with Gasteiger partial charge in [0.05, 0.1) is 5.56 Å². The Balaban J connectivity index is 2.01. The van der Waals surface area contributed by atoms with E-state index in [1.54, 1.807) is 22.9 Å². The van der Waals surface area contributed by atoms with Gasteiger partial charge in [-0.25, -0.2) is 14.5 Å². The minimum absolute atomic E-state index is 0.0848. The fraction of sp³-hybridized carbons (Fsp3) is 0.357. The van der Waals surface area contributed by atoms with Gasteiger partial charge in [-0.15, -0.1) is 0 Å². The second-order valence-electron chi connectivity index (χ2n) is 5.06. The number of aromatic nitrogens is 3. The molecule has 0 spiro atoms. The van der Waals surface area contributed by atoms with Gasteiger partial charge in [0.2, 0.25) is 0 Å². The van der Waals surface area contributed by atoms with Crippen LogP contribution in [0.3, 0.4) is 0 Å². The number of benzene rings is 1. The third-order valence-corrected chi connectivity index (χ3v) is 3.52. The first-order valence-corrected chi connectivity index (χ1v) is 7.35. The third-order valence-electron chi connectivity index (χ3n) is 2.80. The fourth-order valence-electron chi connectivity index (χ4n) is 1.78. The Labute approximate surface area is 131 Å². The zero-order chi connectivity index (χ0) is 15.4. The Morgan fingerprint density at radius 2 is 2.24 bits per heavy atom. The minimum atomic E-state index is -0.437. The van der Waals surface area contributed by atoms with Crippen LogP contribution in [0.25, 0.3) is 0 Å². The molecule has 0 atom stereocenters. The average Bonchev–Trinajstić information content (AvgIpc) is 2.85. The van der Waals surface area contributed by atoms with Crippen LogP contribution < -0.4 is 5.73 Å². The van der Waals surface area contributed by atoms with Crippen LogP contribution >= 0.6 is 15.9 Å². The van der Waals surface area contributed by atoms with E-state index in [0.29, 0.717) is 23.0 Å². The molecule has 112 valence electrons. The molecule has 7 heteroatoms. The summed E-state index contributed by atoms with van der Waals surface area (Å²) in [7, 11) is 0. The standard InChI is InChI=1S/C14H17BrN4O2/c1-9(2)6-19-13(17-8-18-19)7-21-14(20)10-3-4-11(15)12(16)5-10/h3-5,8-9H,6-7,16H2,1-2H3. The van der Waals surface area contributed by atoms with Crippen molar-refractivity contribution in [2.45, 2.75) is 27.0 Å². The average molecular weight is 353 g/mol. The van der Waals surface area contributed by atoms with Crippen molar-refractivity contribution in [1.82, 2.24) is 14.8 Å². The summed E-state index contributed by atoms with van der Waals surface area (Å²) in [6, 6.07) is 4.94. The van der Waals surface area contributed by atoms with Gasteiger partial charge >= 0.3 is 5.97 Å². The number of halogens is 1. The number of nitrogens with zero attached hydrogens (tertiary/aromatic N) is 3. The second kappa shape index (κ2) is 6.71. The normalized spacial score (nSPS) is 10.9. The van der Waals surface area contributed by atoms with Gasteiger partial charge in [0.25, 0.3) is 0 Å². The highest BCUT2D eigenvalue weighted by atomic mass is 79.9. The molecular weight excluding hydrogens is 336 g/mol. The van der Waals surface area contributed by atoms with Gasteiger partial charge in [0, 0.05) is 16.7 Å². The van der Waals surface area contributed by atoms with Gasteiger partial charge < -0.3 is 10.5 Å². The summed E-state index contributed by atoms with van der Waals surface area (Å²) >= 11 is 3.28. The molecule has 0 amide bonds. The number of nitrogens with two attached hydrogens (primary N) is 1. The van der Waals surface area contributed by atoms with E-state index >= 15 is 0 Å². The molecule has 2 N–H and O–H groups in total. The monoisotopic (exact) mass is 352 g/mol. The van der Waals surface area contributed by atoms with Gasteiger partial charge in [-0.2, -0.15) is 5.10 Å². The van der Waals surface area contributed by atoms with Crippen molar-refractivity contribution in [2.75, 3.05) is 5.73 Å². The molecule has 0 radical (unpaired) electrons. The summed E-state index contributed by atoms with van der Waals surface area (Å²) in [5.41, 5.74) is 6.65. The van der Waals surface area contributed by atoms with Crippen LogP contribution in [0, 0.1) is 5.92 Å². The molecule has 1 heterocycles. The van der Waals surface area contributed by atoms with E-state index < -0.39 is 5.97 Å². The number of hydrogen-bond acceptors (Lipinski definition) is 5. The van der Waals surface area contributed by atoms with Crippen LogP contribution in [0.15, 0.2) is 29.0 Å². The van der Waals surface area contributed by atoms with Crippen molar-refractivity contribution in [2.24, 2.45) is 5.92 Å². The molecule has 0 aliphatic carbocycles. The summed E-state index contributed by atoms with van der Waals surface area (Å²) in [5.74, 6) is 0.628. The highest BCUT2D eigenvalue weighted by molar-refractivity contribution is 9.10. The molecule has 0 saturated carbocycles. The zero-order valence-corrected chi connectivity index (χ0v) is 13.5. The van der Waals surface area contributed by atoms with Crippen LogP contribution in [0.5, 0.6) is 0 Å². The lowest BCUT2D eigenvalue weighted by Gasteiger charge is -2.09. The largest absolute Gasteiger partial charge is 0.454 e. The number of anilines is 1. The molecule has 0 unspecified atom stereocenters. The number of esters is 1. The topological polar surface area (TPSA) is 83.0 Å². The highest BCUT2D eigenvalue weighted by Crippen LogP contribution is 2.20. The fourth-order valence-corrected chi connectivity index (χ4v) is 2.03. The molecular formula is C14H17BrN4O2. The third kappa shape index (κ3) is 4.04. The van der Waals surface area contributed by atoms with Crippen molar-refractivity contribution >= 4 is 27.6 Å². The zero-order valence-electron chi connectivity index (χ0n) is 11.9. The lowest BCUT2D eigenvalue weighted by atomic mass is 10.2. The molecule has 1 aromatic carbocycles. The van der Waals surface area contributed by atoms with Gasteiger partial charge in [-0.3, -0.25) is 0 Å². The van der Waals surface area contributed by atoms with Crippen LogP contribution in [-0.4, -0.2) is 20.7 Å². The molecule has 0 aliphatic heterocycles. The molecule has 6 nitrogen and oxygen atoms in total. The Morgan fingerprint density at radius 3 is 2.90 bits per heavy atom. The molecule has 2 rings (SSSR count). The maximum atomic E-state index is 12.0. The van der Waals surface area contributed by atoms with Crippen molar-refractivity contribution < 1.29 is 9.53 Å². The number of ether oxygens (including phenoxy) is 1. The highest BCUT2D eigenvalue weighted by Gasteiger charge is 2.12.